The van der Waals surface area contributed by atoms with Gasteiger partial charge in [-0.3, -0.25) is 0 Å². The predicted molar refractivity (Wildman–Crippen MR) is 169 cm³/mol. The molecule has 0 aliphatic heterocycles. The Bertz CT molecular complexity index is 1320. The zero-order chi connectivity index (χ0) is 30.1. The number of nitrogens with two attached hydrogens (primary N) is 1. The first-order valence-electron chi connectivity index (χ1n) is 13.5. The van der Waals surface area contributed by atoms with Gasteiger partial charge in [0.05, 0.1) is 14.2 Å². The van der Waals surface area contributed by atoms with Crippen LogP contribution in [0.2, 0.25) is 0 Å². The molecule has 0 fully saturated rings. The summed E-state index contributed by atoms with van der Waals surface area (Å²) < 4.78 is 11.8. The fourth-order valence-corrected chi connectivity index (χ4v) is 5.90. The van der Waals surface area contributed by atoms with Crippen molar-refractivity contribution in [1.82, 2.24) is 0 Å². The van der Waals surface area contributed by atoms with Crippen LogP contribution >= 0.6 is 11.8 Å². The lowest BCUT2D eigenvalue weighted by atomic mass is 9.72. The quantitative estimate of drug-likeness (QED) is 0.248. The van der Waals surface area contributed by atoms with Crippen LogP contribution in [-0.4, -0.2) is 35.6 Å². The van der Waals surface area contributed by atoms with Crippen LogP contribution in [-0.2, 0) is 16.4 Å². The van der Waals surface area contributed by atoms with Crippen molar-refractivity contribution in [3.05, 3.63) is 94.1 Å². The average molecular weight is 564 g/mol. The number of phenols is 1. The first kappa shape index (κ1) is 31.6. The molecule has 40 heavy (non-hydrogen) atoms. The van der Waals surface area contributed by atoms with E-state index in [9.17, 15) is 10.2 Å². The normalized spacial score (nSPS) is 14.6. The molecule has 0 saturated heterocycles. The summed E-state index contributed by atoms with van der Waals surface area (Å²) in [4.78, 5) is -1.41. The van der Waals surface area contributed by atoms with Crippen LogP contribution in [0, 0.1) is 0 Å². The monoisotopic (exact) mass is 563 g/mol. The minimum Gasteiger partial charge on any atom is -0.507 e. The second-order valence-corrected chi connectivity index (χ2v) is 13.4. The van der Waals surface area contributed by atoms with E-state index < -0.39 is 10.5 Å². The first-order valence-corrected chi connectivity index (χ1v) is 14.7. The number of hydrogen-bond donors (Lipinski definition) is 3. The van der Waals surface area contributed by atoms with E-state index in [1.54, 1.807) is 26.4 Å². The molecular formula is C34H45NO4S. The highest BCUT2D eigenvalue weighted by Gasteiger charge is 2.54. The summed E-state index contributed by atoms with van der Waals surface area (Å²) in [7, 11) is 3.20. The van der Waals surface area contributed by atoms with Gasteiger partial charge in [-0.25, -0.2) is 0 Å². The zero-order valence-corrected chi connectivity index (χ0v) is 26.4. The molecule has 0 amide bonds. The Morgan fingerprint density at radius 1 is 0.800 bits per heavy atom. The molecule has 216 valence electrons. The zero-order valence-electron chi connectivity index (χ0n) is 25.5. The Hall–Kier alpha value is -2.93. The number of ether oxygens (including phenoxy) is 2. The van der Waals surface area contributed by atoms with E-state index in [-0.39, 0.29) is 16.6 Å². The number of thioether (sulfide) groups is 1. The summed E-state index contributed by atoms with van der Waals surface area (Å²) in [6.45, 7) is 14.7. The van der Waals surface area contributed by atoms with Gasteiger partial charge in [0.2, 0.25) is 0 Å². The molecule has 0 heterocycles. The Balaban J connectivity index is 2.54. The minimum atomic E-state index is -1.82. The maximum Gasteiger partial charge on any atom is 0.153 e. The van der Waals surface area contributed by atoms with Crippen LogP contribution in [0.4, 0.5) is 0 Å². The summed E-state index contributed by atoms with van der Waals surface area (Å²) >= 11 is 1.33. The van der Waals surface area contributed by atoms with E-state index in [1.807, 2.05) is 67.8 Å². The molecule has 1 atom stereocenters. The molecule has 4 N–H and O–H groups in total. The Kier molecular flexibility index (Phi) is 9.10. The molecule has 0 spiro atoms. The molecule has 6 heteroatoms. The van der Waals surface area contributed by atoms with E-state index in [0.29, 0.717) is 33.8 Å². The van der Waals surface area contributed by atoms with Gasteiger partial charge in [0.15, 0.2) is 5.60 Å². The van der Waals surface area contributed by atoms with Gasteiger partial charge in [-0.1, -0.05) is 71.9 Å². The van der Waals surface area contributed by atoms with Crippen LogP contribution in [0.1, 0.15) is 76.3 Å². The smallest absolute Gasteiger partial charge is 0.153 e. The molecule has 0 aromatic heterocycles. The van der Waals surface area contributed by atoms with Crippen LogP contribution in [0.15, 0.2) is 66.2 Å². The van der Waals surface area contributed by atoms with Gasteiger partial charge in [0.1, 0.15) is 22.1 Å². The number of rotatable bonds is 8. The van der Waals surface area contributed by atoms with Gasteiger partial charge in [-0.05, 0) is 77.1 Å². The molecule has 0 aliphatic carbocycles. The highest BCUT2D eigenvalue weighted by atomic mass is 32.2. The molecule has 0 bridgehead atoms. The van der Waals surface area contributed by atoms with E-state index in [0.717, 1.165) is 11.1 Å². The number of hydrogen-bond acceptors (Lipinski definition) is 6. The first-order chi connectivity index (χ1) is 18.5. The minimum absolute atomic E-state index is 0.133. The van der Waals surface area contributed by atoms with Crippen molar-refractivity contribution >= 4 is 17.8 Å². The highest BCUT2D eigenvalue weighted by Crippen LogP contribution is 2.53. The van der Waals surface area contributed by atoms with Crippen LogP contribution < -0.4 is 15.2 Å². The van der Waals surface area contributed by atoms with Crippen molar-refractivity contribution in [3.63, 3.8) is 0 Å². The number of benzene rings is 3. The Morgan fingerprint density at radius 2 is 1.25 bits per heavy atom. The lowest BCUT2D eigenvalue weighted by Crippen LogP contribution is -2.57. The van der Waals surface area contributed by atoms with Gasteiger partial charge in [-0.15, -0.1) is 11.8 Å². The van der Waals surface area contributed by atoms with Crippen LogP contribution in [0.3, 0.4) is 0 Å². The Labute approximate surface area is 244 Å². The maximum atomic E-state index is 13.4. The molecule has 3 rings (SSSR count). The standard InChI is InChI=1S/C34H45NO4S/c1-22(19-23-13-11-12-14-28(23)36)34(35,40-10)33(37,26-20-24(31(2,3)4)15-17-29(26)38-8)27-21-25(32(5,6)7)16-18-30(27)39-9/h11-21,36-37H,35H2,1-10H3. The third-order valence-corrected chi connectivity index (χ3v) is 8.93. The summed E-state index contributed by atoms with van der Waals surface area (Å²) in [5, 5.41) is 23.9. The van der Waals surface area contributed by atoms with Crippen molar-refractivity contribution in [3.8, 4) is 17.2 Å². The molecule has 0 saturated carbocycles. The second kappa shape index (κ2) is 11.5. The molecular weight excluding hydrogens is 518 g/mol. The summed E-state index contributed by atoms with van der Waals surface area (Å²) in [5.41, 5.74) is 9.58. The van der Waals surface area contributed by atoms with E-state index in [2.05, 4.69) is 41.5 Å². The van der Waals surface area contributed by atoms with Gasteiger partial charge in [-0.2, -0.15) is 0 Å². The van der Waals surface area contributed by atoms with Crippen molar-refractivity contribution in [1.29, 1.82) is 0 Å². The third kappa shape index (κ3) is 5.76. The fraction of sp³-hybridized carbons (Fsp3) is 0.412. The van der Waals surface area contributed by atoms with Crippen molar-refractivity contribution in [2.45, 2.75) is 69.8 Å². The summed E-state index contributed by atoms with van der Waals surface area (Å²) in [6.07, 6.45) is 3.71. The number of methoxy groups -OCH3 is 2. The molecule has 0 aliphatic rings. The highest BCUT2D eigenvalue weighted by molar-refractivity contribution is 8.00. The number of aliphatic hydroxyl groups is 1. The lowest BCUT2D eigenvalue weighted by Gasteiger charge is -2.46. The van der Waals surface area contributed by atoms with Gasteiger partial charge >= 0.3 is 0 Å². The molecule has 3 aromatic rings. The molecule has 1 unspecified atom stereocenters. The molecule has 5 nitrogen and oxygen atoms in total. The van der Waals surface area contributed by atoms with Crippen molar-refractivity contribution in [2.24, 2.45) is 5.73 Å². The second-order valence-electron chi connectivity index (χ2n) is 12.4. The van der Waals surface area contributed by atoms with E-state index in [1.165, 1.54) is 11.8 Å². The molecule has 0 radical (unpaired) electrons. The lowest BCUT2D eigenvalue weighted by molar-refractivity contribution is 0.0458. The van der Waals surface area contributed by atoms with Gasteiger partial charge < -0.3 is 25.4 Å². The van der Waals surface area contributed by atoms with E-state index in [4.69, 9.17) is 15.2 Å². The average Bonchev–Trinajstić information content (AvgIpc) is 2.91. The largest absolute Gasteiger partial charge is 0.507 e. The predicted octanol–water partition coefficient (Wildman–Crippen LogP) is 7.36. The molecule has 3 aromatic carbocycles. The summed E-state index contributed by atoms with van der Waals surface area (Å²) in [6, 6.07) is 18.9. The Morgan fingerprint density at radius 3 is 1.62 bits per heavy atom. The van der Waals surface area contributed by atoms with Gasteiger partial charge in [0, 0.05) is 16.7 Å². The van der Waals surface area contributed by atoms with Crippen LogP contribution in [0.5, 0.6) is 17.2 Å². The van der Waals surface area contributed by atoms with Crippen molar-refractivity contribution < 1.29 is 19.7 Å². The number of phenolic OH excluding ortho intramolecular Hbond substituents is 1. The van der Waals surface area contributed by atoms with Crippen molar-refractivity contribution in [2.75, 3.05) is 20.5 Å². The summed E-state index contributed by atoms with van der Waals surface area (Å²) in [5.74, 6) is 1.16. The van der Waals surface area contributed by atoms with Gasteiger partial charge in [0.25, 0.3) is 0 Å². The third-order valence-electron chi connectivity index (χ3n) is 7.66. The topological polar surface area (TPSA) is 84.9 Å². The number of para-hydroxylation sites is 1. The SMILES string of the molecule is COc1ccc(C(C)(C)C)cc1C(O)(c1cc(C(C)(C)C)ccc1OC)C(N)(SC)C(C)=Cc1ccccc1O. The maximum absolute atomic E-state index is 13.4. The van der Waals surface area contributed by atoms with E-state index >= 15 is 0 Å². The fourth-order valence-electron chi connectivity index (χ4n) is 5.00. The van der Waals surface area contributed by atoms with Crippen LogP contribution in [0.25, 0.3) is 6.08 Å². The number of aromatic hydroxyl groups is 1.